The van der Waals surface area contributed by atoms with Crippen LogP contribution in [0.25, 0.3) is 0 Å². The normalized spacial score (nSPS) is 12.0. The van der Waals surface area contributed by atoms with Crippen molar-refractivity contribution < 1.29 is 9.90 Å². The van der Waals surface area contributed by atoms with Crippen LogP contribution in [0.3, 0.4) is 0 Å². The molecule has 0 saturated heterocycles. The van der Waals surface area contributed by atoms with E-state index in [0.29, 0.717) is 6.54 Å². The summed E-state index contributed by atoms with van der Waals surface area (Å²) in [5.74, 6) is -0.0531. The third-order valence-corrected chi connectivity index (χ3v) is 3.47. The topological polar surface area (TPSA) is 57.5 Å². The summed E-state index contributed by atoms with van der Waals surface area (Å²) in [4.78, 5) is 14.1. The van der Waals surface area contributed by atoms with Crippen LogP contribution >= 0.6 is 0 Å². The van der Waals surface area contributed by atoms with E-state index in [-0.39, 0.29) is 18.6 Å². The second-order valence-electron chi connectivity index (χ2n) is 4.99. The molecule has 0 bridgehead atoms. The van der Waals surface area contributed by atoms with Gasteiger partial charge in [0, 0.05) is 37.4 Å². The van der Waals surface area contributed by atoms with Crippen LogP contribution in [0.15, 0.2) is 48.8 Å². The van der Waals surface area contributed by atoms with Crippen LogP contribution in [0, 0.1) is 0 Å². The van der Waals surface area contributed by atoms with Gasteiger partial charge in [0.2, 0.25) is 5.91 Å². The van der Waals surface area contributed by atoms with Crippen LogP contribution < -0.4 is 10.2 Å². The van der Waals surface area contributed by atoms with Crippen molar-refractivity contribution in [1.82, 2.24) is 4.57 Å². The molecule has 5 heteroatoms. The number of hydrogen-bond donors (Lipinski definition) is 2. The molecule has 21 heavy (non-hydrogen) atoms. The predicted molar refractivity (Wildman–Crippen MR) is 84.6 cm³/mol. The van der Waals surface area contributed by atoms with Gasteiger partial charge in [0.05, 0.1) is 6.61 Å². The minimum Gasteiger partial charge on any atom is -0.395 e. The van der Waals surface area contributed by atoms with E-state index in [2.05, 4.69) is 5.32 Å². The zero-order chi connectivity index (χ0) is 15.2. The summed E-state index contributed by atoms with van der Waals surface area (Å²) in [6.07, 6.45) is 3.74. The highest BCUT2D eigenvalue weighted by molar-refractivity contribution is 5.93. The van der Waals surface area contributed by atoms with Crippen LogP contribution in [0.5, 0.6) is 0 Å². The molecule has 1 amide bonds. The first-order valence-electron chi connectivity index (χ1n) is 6.97. The van der Waals surface area contributed by atoms with E-state index in [9.17, 15) is 4.79 Å². The van der Waals surface area contributed by atoms with Crippen molar-refractivity contribution in [3.63, 3.8) is 0 Å². The molecule has 1 aromatic heterocycles. The molecule has 0 spiro atoms. The number of amides is 1. The van der Waals surface area contributed by atoms with Gasteiger partial charge < -0.3 is 19.9 Å². The Morgan fingerprint density at radius 1 is 1.29 bits per heavy atom. The van der Waals surface area contributed by atoms with Crippen molar-refractivity contribution in [1.29, 1.82) is 0 Å². The predicted octanol–water partition coefficient (Wildman–Crippen LogP) is 2.12. The molecule has 1 aromatic carbocycles. The van der Waals surface area contributed by atoms with E-state index in [1.807, 2.05) is 72.2 Å². The van der Waals surface area contributed by atoms with Gasteiger partial charge in [-0.1, -0.05) is 0 Å². The molecule has 2 rings (SSSR count). The Balaban J connectivity index is 1.98. The molecule has 2 N–H and O–H groups in total. The Kier molecular flexibility index (Phi) is 5.00. The molecule has 1 unspecified atom stereocenters. The first-order valence-corrected chi connectivity index (χ1v) is 6.97. The number of aliphatic hydroxyl groups is 1. The van der Waals surface area contributed by atoms with Crippen molar-refractivity contribution in [3.05, 3.63) is 48.8 Å². The average molecular weight is 287 g/mol. The Labute approximate surface area is 124 Å². The summed E-state index contributed by atoms with van der Waals surface area (Å²) in [6.45, 7) is 2.55. The van der Waals surface area contributed by atoms with Gasteiger partial charge in [-0.25, -0.2) is 0 Å². The lowest BCUT2D eigenvalue weighted by Crippen LogP contribution is -2.23. The van der Waals surface area contributed by atoms with Crippen molar-refractivity contribution in [3.8, 4) is 0 Å². The zero-order valence-electron chi connectivity index (χ0n) is 12.4. The van der Waals surface area contributed by atoms with Crippen LogP contribution in [0.4, 0.5) is 11.4 Å². The highest BCUT2D eigenvalue weighted by Gasteiger charge is 2.13. The van der Waals surface area contributed by atoms with Crippen LogP contribution in [-0.4, -0.2) is 35.8 Å². The first-order chi connectivity index (χ1) is 10.1. The maximum absolute atomic E-state index is 12.2. The first kappa shape index (κ1) is 15.1. The molecule has 0 saturated carbocycles. The molecule has 112 valence electrons. The smallest absolute Gasteiger partial charge is 0.247 e. The van der Waals surface area contributed by atoms with Gasteiger partial charge in [-0.05, 0) is 43.3 Å². The zero-order valence-corrected chi connectivity index (χ0v) is 12.4. The van der Waals surface area contributed by atoms with Crippen molar-refractivity contribution >= 4 is 17.3 Å². The van der Waals surface area contributed by atoms with E-state index < -0.39 is 0 Å². The molecule has 0 aliphatic carbocycles. The van der Waals surface area contributed by atoms with Crippen LogP contribution in [0.2, 0.25) is 0 Å². The van der Waals surface area contributed by atoms with Gasteiger partial charge in [-0.2, -0.15) is 0 Å². The van der Waals surface area contributed by atoms with Crippen LogP contribution in [0.1, 0.15) is 13.0 Å². The summed E-state index contributed by atoms with van der Waals surface area (Å²) < 4.78 is 1.86. The van der Waals surface area contributed by atoms with E-state index in [1.165, 1.54) is 0 Å². The average Bonchev–Trinajstić information content (AvgIpc) is 3.01. The highest BCUT2D eigenvalue weighted by atomic mass is 16.3. The van der Waals surface area contributed by atoms with Gasteiger partial charge in [0.15, 0.2) is 0 Å². The molecule has 0 aliphatic heterocycles. The molecule has 1 heterocycles. The maximum atomic E-state index is 12.2. The number of nitrogens with zero attached hydrogens (tertiary/aromatic N) is 2. The van der Waals surface area contributed by atoms with Crippen molar-refractivity contribution in [2.75, 3.05) is 30.4 Å². The van der Waals surface area contributed by atoms with Crippen molar-refractivity contribution in [2.24, 2.45) is 0 Å². The summed E-state index contributed by atoms with van der Waals surface area (Å²) in [5.41, 5.74) is 1.76. The minimum absolute atomic E-state index is 0.0531. The Bertz CT molecular complexity index is 564. The number of anilines is 2. The quantitative estimate of drug-likeness (QED) is 0.855. The SMILES string of the molecule is CC(C(=O)Nc1ccc(N(C)CCO)cc1)n1cccc1. The van der Waals surface area contributed by atoms with Gasteiger partial charge in [0.1, 0.15) is 6.04 Å². The largest absolute Gasteiger partial charge is 0.395 e. The number of rotatable bonds is 6. The number of likely N-dealkylation sites (N-methyl/N-ethyl adjacent to an activating group) is 1. The third-order valence-electron chi connectivity index (χ3n) is 3.47. The van der Waals surface area contributed by atoms with E-state index in [1.54, 1.807) is 0 Å². The Morgan fingerprint density at radius 2 is 1.90 bits per heavy atom. The number of carbonyl (C=O) groups is 1. The molecule has 0 aliphatic rings. The molecule has 1 atom stereocenters. The third kappa shape index (κ3) is 3.86. The Morgan fingerprint density at radius 3 is 2.48 bits per heavy atom. The number of benzene rings is 1. The van der Waals surface area contributed by atoms with E-state index >= 15 is 0 Å². The second kappa shape index (κ2) is 6.95. The van der Waals surface area contributed by atoms with Gasteiger partial charge in [0.25, 0.3) is 0 Å². The lowest BCUT2D eigenvalue weighted by Gasteiger charge is -2.18. The Hall–Kier alpha value is -2.27. The number of nitrogens with one attached hydrogen (secondary N) is 1. The number of carbonyl (C=O) groups excluding carboxylic acids is 1. The lowest BCUT2D eigenvalue weighted by atomic mass is 10.2. The maximum Gasteiger partial charge on any atom is 0.247 e. The highest BCUT2D eigenvalue weighted by Crippen LogP contribution is 2.18. The van der Waals surface area contributed by atoms with Gasteiger partial charge in [-0.15, -0.1) is 0 Å². The molecule has 5 nitrogen and oxygen atoms in total. The van der Waals surface area contributed by atoms with Crippen molar-refractivity contribution in [2.45, 2.75) is 13.0 Å². The number of aromatic nitrogens is 1. The monoisotopic (exact) mass is 287 g/mol. The molecular formula is C16H21N3O2. The molecule has 2 aromatic rings. The lowest BCUT2D eigenvalue weighted by molar-refractivity contribution is -0.118. The second-order valence-corrected chi connectivity index (χ2v) is 4.99. The fourth-order valence-corrected chi connectivity index (χ4v) is 2.07. The fourth-order valence-electron chi connectivity index (χ4n) is 2.07. The molecule has 0 fully saturated rings. The summed E-state index contributed by atoms with van der Waals surface area (Å²) in [7, 11) is 1.91. The summed E-state index contributed by atoms with van der Waals surface area (Å²) in [5, 5.41) is 11.8. The number of hydrogen-bond acceptors (Lipinski definition) is 3. The fraction of sp³-hybridized carbons (Fsp3) is 0.312. The van der Waals surface area contributed by atoms with E-state index in [4.69, 9.17) is 5.11 Å². The van der Waals surface area contributed by atoms with Crippen LogP contribution in [-0.2, 0) is 4.79 Å². The number of aliphatic hydroxyl groups excluding tert-OH is 1. The van der Waals surface area contributed by atoms with E-state index in [0.717, 1.165) is 11.4 Å². The molecular weight excluding hydrogens is 266 g/mol. The summed E-state index contributed by atoms with van der Waals surface area (Å²) in [6, 6.07) is 11.1. The summed E-state index contributed by atoms with van der Waals surface area (Å²) >= 11 is 0. The molecule has 0 radical (unpaired) electrons. The van der Waals surface area contributed by atoms with Gasteiger partial charge in [-0.3, -0.25) is 4.79 Å². The minimum atomic E-state index is -0.253. The standard InChI is InChI=1S/C16H21N3O2/c1-13(19-9-3-4-10-19)16(21)17-14-5-7-15(8-6-14)18(2)11-12-20/h3-10,13,20H,11-12H2,1-2H3,(H,17,21). The van der Waals surface area contributed by atoms with Gasteiger partial charge >= 0.3 is 0 Å².